The number of carbonyl (C=O) groups is 3. The average Bonchev–Trinajstić information content (AvgIpc) is 2.96. The highest BCUT2D eigenvalue weighted by Crippen LogP contribution is 2.66. The molecule has 0 aromatic rings. The molecule has 0 amide bonds. The lowest BCUT2D eigenvalue weighted by atomic mass is 9.44. The molecule has 0 aliphatic heterocycles. The van der Waals surface area contributed by atoms with E-state index in [0.29, 0.717) is 30.0 Å². The fourth-order valence-electron chi connectivity index (χ4n) is 7.85. The van der Waals surface area contributed by atoms with E-state index in [-0.39, 0.29) is 41.2 Å². The van der Waals surface area contributed by atoms with Crippen molar-refractivity contribution in [1.82, 2.24) is 0 Å². The average molecular weight is 391 g/mol. The van der Waals surface area contributed by atoms with Gasteiger partial charge in [0, 0.05) is 25.2 Å². The Kier molecular flexibility index (Phi) is 4.96. The Morgan fingerprint density at radius 2 is 1.86 bits per heavy atom. The van der Waals surface area contributed by atoms with Crippen LogP contribution >= 0.6 is 0 Å². The molecule has 0 heterocycles. The molecule has 0 saturated heterocycles. The fraction of sp³-hybridized carbons (Fsp3) is 0.870. The lowest BCUT2D eigenvalue weighted by Gasteiger charge is -2.59. The molecule has 4 saturated carbocycles. The molecular weight excluding hydrogens is 356 g/mol. The summed E-state index contributed by atoms with van der Waals surface area (Å²) in [6.07, 6.45) is 6.74. The number of aliphatic hydroxyl groups is 1. The van der Waals surface area contributed by atoms with Gasteiger partial charge < -0.3 is 9.84 Å². The van der Waals surface area contributed by atoms with E-state index in [9.17, 15) is 19.5 Å². The van der Waals surface area contributed by atoms with Gasteiger partial charge in [0.15, 0.2) is 5.78 Å². The Morgan fingerprint density at radius 3 is 2.57 bits per heavy atom. The first-order chi connectivity index (χ1) is 13.2. The molecule has 28 heavy (non-hydrogen) atoms. The van der Waals surface area contributed by atoms with Crippen LogP contribution in [0.2, 0.25) is 0 Å². The highest BCUT2D eigenvalue weighted by atomic mass is 16.5. The van der Waals surface area contributed by atoms with E-state index < -0.39 is 5.97 Å². The van der Waals surface area contributed by atoms with Crippen LogP contribution in [0.4, 0.5) is 0 Å². The molecule has 4 rings (SSSR count). The molecule has 0 aromatic heterocycles. The van der Waals surface area contributed by atoms with Gasteiger partial charge >= 0.3 is 5.97 Å². The third-order valence-corrected chi connectivity index (χ3v) is 9.13. The summed E-state index contributed by atoms with van der Waals surface area (Å²) in [5, 5.41) is 10.1. The van der Waals surface area contributed by atoms with E-state index in [0.717, 1.165) is 44.9 Å². The Bertz CT molecular complexity index is 686. The summed E-state index contributed by atoms with van der Waals surface area (Å²) in [7, 11) is 0. The quantitative estimate of drug-likeness (QED) is 0.748. The monoisotopic (exact) mass is 390 g/mol. The van der Waals surface area contributed by atoms with Crippen LogP contribution in [0.5, 0.6) is 0 Å². The zero-order valence-corrected chi connectivity index (χ0v) is 17.4. The molecule has 5 heteroatoms. The van der Waals surface area contributed by atoms with Crippen molar-refractivity contribution < 1.29 is 24.2 Å². The predicted octanol–water partition coefficient (Wildman–Crippen LogP) is 3.32. The van der Waals surface area contributed by atoms with Crippen LogP contribution in [0.1, 0.15) is 72.1 Å². The van der Waals surface area contributed by atoms with Gasteiger partial charge in [0.05, 0.1) is 6.10 Å². The minimum atomic E-state index is -0.432. The summed E-state index contributed by atoms with van der Waals surface area (Å²) < 4.78 is 4.97. The lowest BCUT2D eigenvalue weighted by Crippen LogP contribution is -2.58. The number of Topliss-reactive ketones (excluding diaryl/α,β-unsaturated/α-hetero) is 2. The molecule has 4 aliphatic rings. The topological polar surface area (TPSA) is 80.7 Å². The minimum absolute atomic E-state index is 0.000393. The first-order valence-electron chi connectivity index (χ1n) is 11.0. The number of hydrogen-bond donors (Lipinski definition) is 1. The molecule has 8 atom stereocenters. The largest absolute Gasteiger partial charge is 0.458 e. The van der Waals surface area contributed by atoms with Crippen molar-refractivity contribution in [2.75, 3.05) is 6.61 Å². The van der Waals surface area contributed by atoms with Gasteiger partial charge in [-0.2, -0.15) is 0 Å². The van der Waals surface area contributed by atoms with E-state index in [1.165, 1.54) is 6.92 Å². The number of rotatable bonds is 3. The van der Waals surface area contributed by atoms with Crippen molar-refractivity contribution in [3.63, 3.8) is 0 Å². The van der Waals surface area contributed by atoms with Gasteiger partial charge in [-0.1, -0.05) is 13.8 Å². The molecular formula is C23H34O5. The second kappa shape index (κ2) is 6.93. The first-order valence-corrected chi connectivity index (χ1v) is 11.0. The molecule has 4 fully saturated rings. The second-order valence-corrected chi connectivity index (χ2v) is 10.5. The predicted molar refractivity (Wildman–Crippen MR) is 103 cm³/mol. The second-order valence-electron chi connectivity index (χ2n) is 10.5. The summed E-state index contributed by atoms with van der Waals surface area (Å²) in [5.41, 5.74) is -0.298. The number of aliphatic hydroxyl groups excluding tert-OH is 1. The van der Waals surface area contributed by atoms with Crippen LogP contribution in [-0.2, 0) is 19.1 Å². The molecule has 0 bridgehead atoms. The smallest absolute Gasteiger partial charge is 0.303 e. The van der Waals surface area contributed by atoms with Gasteiger partial charge in [-0.3, -0.25) is 14.4 Å². The van der Waals surface area contributed by atoms with Gasteiger partial charge in [0.1, 0.15) is 12.4 Å². The molecule has 0 radical (unpaired) electrons. The number of hydrogen-bond acceptors (Lipinski definition) is 5. The molecule has 0 aromatic carbocycles. The van der Waals surface area contributed by atoms with Gasteiger partial charge in [0.2, 0.25) is 0 Å². The molecule has 156 valence electrons. The molecule has 1 N–H and O–H groups in total. The van der Waals surface area contributed by atoms with Crippen molar-refractivity contribution in [2.45, 2.75) is 78.2 Å². The Balaban J connectivity index is 1.58. The van der Waals surface area contributed by atoms with Gasteiger partial charge in [-0.15, -0.1) is 0 Å². The number of fused-ring (bicyclic) bond motifs is 5. The zero-order chi connectivity index (χ0) is 20.3. The number of carbonyl (C=O) groups excluding carboxylic acids is 3. The number of ketones is 2. The lowest BCUT2D eigenvalue weighted by molar-refractivity contribution is -0.163. The normalized spacial score (nSPS) is 47.6. The highest BCUT2D eigenvalue weighted by Gasteiger charge is 2.64. The van der Waals surface area contributed by atoms with E-state index in [1.807, 2.05) is 0 Å². The van der Waals surface area contributed by atoms with Crippen molar-refractivity contribution in [3.8, 4) is 0 Å². The molecule has 0 spiro atoms. The van der Waals surface area contributed by atoms with Crippen LogP contribution in [0.15, 0.2) is 0 Å². The van der Waals surface area contributed by atoms with Crippen LogP contribution in [0, 0.1) is 40.4 Å². The molecule has 5 nitrogen and oxygen atoms in total. The van der Waals surface area contributed by atoms with Crippen LogP contribution in [-0.4, -0.2) is 35.4 Å². The summed E-state index contributed by atoms with van der Waals surface area (Å²) >= 11 is 0. The summed E-state index contributed by atoms with van der Waals surface area (Å²) in [4.78, 5) is 37.4. The summed E-state index contributed by atoms with van der Waals surface area (Å²) in [5.74, 6) is 0.971. The van der Waals surface area contributed by atoms with Crippen LogP contribution < -0.4 is 0 Å². The van der Waals surface area contributed by atoms with Gasteiger partial charge in [-0.05, 0) is 73.5 Å². The van der Waals surface area contributed by atoms with Crippen LogP contribution in [0.3, 0.4) is 0 Å². The Morgan fingerprint density at radius 1 is 1.11 bits per heavy atom. The highest BCUT2D eigenvalue weighted by molar-refractivity contribution is 5.89. The van der Waals surface area contributed by atoms with E-state index in [4.69, 9.17) is 4.74 Å². The standard InChI is InChI=1S/C23H34O5/c1-13(24)28-12-20(27)18-7-6-17-16-5-4-14-10-15(25)8-9-22(14,2)21(16)19(26)11-23(17,18)3/h14-18,21,25H,4-12H2,1-3H3/t14-,15-,16+,17-,18-,21-,22-,23+/m0/s1. The Labute approximate surface area is 167 Å². The van der Waals surface area contributed by atoms with Crippen molar-refractivity contribution in [2.24, 2.45) is 40.4 Å². The molecule has 0 unspecified atom stereocenters. The van der Waals surface area contributed by atoms with E-state index >= 15 is 0 Å². The number of esters is 1. The van der Waals surface area contributed by atoms with Crippen molar-refractivity contribution >= 4 is 17.5 Å². The van der Waals surface area contributed by atoms with E-state index in [1.54, 1.807) is 0 Å². The minimum Gasteiger partial charge on any atom is -0.458 e. The van der Waals surface area contributed by atoms with Gasteiger partial charge in [0.25, 0.3) is 0 Å². The third kappa shape index (κ3) is 2.96. The maximum atomic E-state index is 13.5. The van der Waals surface area contributed by atoms with E-state index in [2.05, 4.69) is 13.8 Å². The number of ether oxygens (including phenoxy) is 1. The third-order valence-electron chi connectivity index (χ3n) is 9.13. The maximum Gasteiger partial charge on any atom is 0.303 e. The molecule has 4 aliphatic carbocycles. The Hall–Kier alpha value is -1.23. The van der Waals surface area contributed by atoms with Crippen molar-refractivity contribution in [3.05, 3.63) is 0 Å². The summed E-state index contributed by atoms with van der Waals surface area (Å²) in [6, 6.07) is 0. The van der Waals surface area contributed by atoms with Crippen LogP contribution in [0.25, 0.3) is 0 Å². The SMILES string of the molecule is CC(=O)OCC(=O)[C@@H]1CC[C@H]2[C@H]3CC[C@H]4C[C@@H](O)CC[C@]4(C)[C@@H]3C(=O)C[C@@]12C. The maximum absolute atomic E-state index is 13.5. The van der Waals surface area contributed by atoms with Gasteiger partial charge in [-0.25, -0.2) is 0 Å². The van der Waals surface area contributed by atoms with Crippen molar-refractivity contribution in [1.29, 1.82) is 0 Å². The summed E-state index contributed by atoms with van der Waals surface area (Å²) in [6.45, 7) is 5.58. The first kappa shape index (κ1) is 20.1. The fourth-order valence-corrected chi connectivity index (χ4v) is 7.85. The zero-order valence-electron chi connectivity index (χ0n) is 17.4.